The van der Waals surface area contributed by atoms with Gasteiger partial charge in [0.15, 0.2) is 11.6 Å². The number of rotatable bonds is 3. The van der Waals surface area contributed by atoms with Crippen molar-refractivity contribution in [1.82, 2.24) is 24.7 Å². The average molecular weight is 365 g/mol. The molecule has 0 saturated carbocycles. The molecule has 0 N–H and O–H groups in total. The van der Waals surface area contributed by atoms with E-state index < -0.39 is 0 Å². The molecule has 0 aliphatic carbocycles. The predicted octanol–water partition coefficient (Wildman–Crippen LogP) is 2.69. The van der Waals surface area contributed by atoms with Crippen LogP contribution in [0.4, 0.5) is 11.6 Å². The SMILES string of the molecule is Cc1cc2ncnc(N(C)C3CN(c4ccc(C(C)(C)C)nn4)C3)c2n1C. The van der Waals surface area contributed by atoms with Gasteiger partial charge in [-0.25, -0.2) is 9.97 Å². The molecule has 0 aromatic carbocycles. The molecule has 7 heteroatoms. The number of hydrogen-bond donors (Lipinski definition) is 0. The van der Waals surface area contributed by atoms with Crippen molar-refractivity contribution in [2.75, 3.05) is 29.9 Å². The van der Waals surface area contributed by atoms with Crippen molar-refractivity contribution in [2.24, 2.45) is 7.05 Å². The Balaban J connectivity index is 1.50. The van der Waals surface area contributed by atoms with Gasteiger partial charge in [-0.15, -0.1) is 5.10 Å². The monoisotopic (exact) mass is 365 g/mol. The summed E-state index contributed by atoms with van der Waals surface area (Å²) in [6.07, 6.45) is 1.65. The first-order valence-electron chi connectivity index (χ1n) is 9.34. The van der Waals surface area contributed by atoms with E-state index in [2.05, 4.69) is 94.5 Å². The highest BCUT2D eigenvalue weighted by molar-refractivity contribution is 5.87. The summed E-state index contributed by atoms with van der Waals surface area (Å²) in [7, 11) is 4.18. The average Bonchev–Trinajstić information content (AvgIpc) is 2.87. The Morgan fingerprint density at radius 3 is 2.48 bits per heavy atom. The third-order valence-electron chi connectivity index (χ3n) is 5.53. The van der Waals surface area contributed by atoms with Crippen molar-refractivity contribution in [3.8, 4) is 0 Å². The van der Waals surface area contributed by atoms with Crippen molar-refractivity contribution in [3.05, 3.63) is 35.9 Å². The maximum Gasteiger partial charge on any atom is 0.156 e. The van der Waals surface area contributed by atoms with Crippen LogP contribution in [0, 0.1) is 6.92 Å². The summed E-state index contributed by atoms with van der Waals surface area (Å²) in [4.78, 5) is 13.5. The molecule has 0 atom stereocenters. The number of anilines is 2. The smallest absolute Gasteiger partial charge is 0.156 e. The lowest BCUT2D eigenvalue weighted by molar-refractivity contribution is 0.485. The Bertz CT molecular complexity index is 962. The third-order valence-corrected chi connectivity index (χ3v) is 5.53. The summed E-state index contributed by atoms with van der Waals surface area (Å²) in [6, 6.07) is 6.66. The highest BCUT2D eigenvalue weighted by atomic mass is 15.4. The molecule has 4 heterocycles. The molecule has 1 aliphatic heterocycles. The Labute approximate surface area is 160 Å². The van der Waals surface area contributed by atoms with Gasteiger partial charge in [0, 0.05) is 38.3 Å². The van der Waals surface area contributed by atoms with Crippen molar-refractivity contribution >= 4 is 22.7 Å². The van der Waals surface area contributed by atoms with E-state index in [4.69, 9.17) is 0 Å². The maximum atomic E-state index is 4.57. The van der Waals surface area contributed by atoms with Crippen LogP contribution >= 0.6 is 0 Å². The van der Waals surface area contributed by atoms with E-state index >= 15 is 0 Å². The zero-order valence-electron chi connectivity index (χ0n) is 16.9. The van der Waals surface area contributed by atoms with Gasteiger partial charge in [0.2, 0.25) is 0 Å². The van der Waals surface area contributed by atoms with Gasteiger partial charge in [0.05, 0.1) is 17.3 Å². The fourth-order valence-electron chi connectivity index (χ4n) is 3.49. The molecule has 0 spiro atoms. The van der Waals surface area contributed by atoms with Crippen LogP contribution in [0.25, 0.3) is 11.0 Å². The topological polar surface area (TPSA) is 63.0 Å². The van der Waals surface area contributed by atoms with Crippen molar-refractivity contribution in [2.45, 2.75) is 39.2 Å². The van der Waals surface area contributed by atoms with E-state index in [0.29, 0.717) is 6.04 Å². The molecule has 0 amide bonds. The van der Waals surface area contributed by atoms with Gasteiger partial charge >= 0.3 is 0 Å². The molecule has 0 unspecified atom stereocenters. The van der Waals surface area contributed by atoms with Crippen LogP contribution in [0.15, 0.2) is 24.5 Å². The fourth-order valence-corrected chi connectivity index (χ4v) is 3.49. The lowest BCUT2D eigenvalue weighted by Gasteiger charge is -2.45. The van der Waals surface area contributed by atoms with E-state index in [1.807, 2.05) is 0 Å². The van der Waals surface area contributed by atoms with Crippen LogP contribution < -0.4 is 9.80 Å². The zero-order valence-corrected chi connectivity index (χ0v) is 16.9. The van der Waals surface area contributed by atoms with Gasteiger partial charge in [-0.3, -0.25) is 0 Å². The Morgan fingerprint density at radius 2 is 1.85 bits per heavy atom. The van der Waals surface area contributed by atoms with E-state index in [1.165, 1.54) is 5.69 Å². The highest BCUT2D eigenvalue weighted by Gasteiger charge is 2.33. The molecule has 0 radical (unpaired) electrons. The van der Waals surface area contributed by atoms with E-state index in [-0.39, 0.29) is 5.41 Å². The van der Waals surface area contributed by atoms with Crippen molar-refractivity contribution in [3.63, 3.8) is 0 Å². The van der Waals surface area contributed by atoms with Gasteiger partial charge in [0.25, 0.3) is 0 Å². The lowest BCUT2D eigenvalue weighted by Crippen LogP contribution is -2.59. The van der Waals surface area contributed by atoms with Crippen LogP contribution in [0.2, 0.25) is 0 Å². The summed E-state index contributed by atoms with van der Waals surface area (Å²) in [5.74, 6) is 1.92. The predicted molar refractivity (Wildman–Crippen MR) is 108 cm³/mol. The Morgan fingerprint density at radius 1 is 1.11 bits per heavy atom. The number of aromatic nitrogens is 5. The minimum absolute atomic E-state index is 0.0226. The molecule has 1 saturated heterocycles. The Hall–Kier alpha value is -2.70. The first kappa shape index (κ1) is 17.7. The first-order chi connectivity index (χ1) is 12.8. The van der Waals surface area contributed by atoms with Crippen LogP contribution in [0.3, 0.4) is 0 Å². The Kier molecular flexibility index (Phi) is 4.05. The standard InChI is InChI=1S/C20H27N7/c1-13-9-15-18(25(13)5)19(22-12-21-15)26(6)14-10-27(11-14)17-8-7-16(23-24-17)20(2,3)4/h7-9,12,14H,10-11H2,1-6H3. The second-order valence-electron chi connectivity index (χ2n) is 8.47. The second kappa shape index (κ2) is 6.18. The van der Waals surface area contributed by atoms with Crippen LogP contribution in [-0.2, 0) is 12.5 Å². The van der Waals surface area contributed by atoms with Crippen LogP contribution in [0.5, 0.6) is 0 Å². The van der Waals surface area contributed by atoms with E-state index in [1.54, 1.807) is 6.33 Å². The van der Waals surface area contributed by atoms with Crippen LogP contribution in [-0.4, -0.2) is 50.9 Å². The fraction of sp³-hybridized carbons (Fsp3) is 0.500. The lowest BCUT2D eigenvalue weighted by atomic mass is 9.92. The molecule has 1 fully saturated rings. The number of fused-ring (bicyclic) bond motifs is 1. The summed E-state index contributed by atoms with van der Waals surface area (Å²) in [6.45, 7) is 10.4. The van der Waals surface area contributed by atoms with Gasteiger partial charge in [-0.2, -0.15) is 5.10 Å². The van der Waals surface area contributed by atoms with Gasteiger partial charge in [-0.1, -0.05) is 20.8 Å². The molecule has 142 valence electrons. The highest BCUT2D eigenvalue weighted by Crippen LogP contribution is 2.29. The molecule has 0 bridgehead atoms. The summed E-state index contributed by atoms with van der Waals surface area (Å²) >= 11 is 0. The quantitative estimate of drug-likeness (QED) is 0.711. The largest absolute Gasteiger partial charge is 0.351 e. The molecule has 3 aromatic heterocycles. The number of aryl methyl sites for hydroxylation is 2. The molecule has 3 aromatic rings. The normalized spacial score (nSPS) is 15.3. The first-order valence-corrected chi connectivity index (χ1v) is 9.34. The molecule has 7 nitrogen and oxygen atoms in total. The summed E-state index contributed by atoms with van der Waals surface area (Å²) in [5.41, 5.74) is 4.30. The third kappa shape index (κ3) is 3.01. The van der Waals surface area contributed by atoms with Gasteiger partial charge in [0.1, 0.15) is 11.8 Å². The molecule has 4 rings (SSSR count). The number of likely N-dealkylation sites (N-methyl/N-ethyl adjacent to an activating group) is 1. The molecular weight excluding hydrogens is 338 g/mol. The number of nitrogens with zero attached hydrogens (tertiary/aromatic N) is 7. The van der Waals surface area contributed by atoms with Crippen molar-refractivity contribution in [1.29, 1.82) is 0 Å². The van der Waals surface area contributed by atoms with E-state index in [9.17, 15) is 0 Å². The summed E-state index contributed by atoms with van der Waals surface area (Å²) in [5, 5.41) is 8.84. The number of hydrogen-bond acceptors (Lipinski definition) is 6. The minimum Gasteiger partial charge on any atom is -0.351 e. The minimum atomic E-state index is 0.0226. The zero-order chi connectivity index (χ0) is 19.3. The second-order valence-corrected chi connectivity index (χ2v) is 8.47. The van der Waals surface area contributed by atoms with E-state index in [0.717, 1.165) is 41.5 Å². The van der Waals surface area contributed by atoms with Crippen LogP contribution in [0.1, 0.15) is 32.2 Å². The molecular formula is C20H27N7. The van der Waals surface area contributed by atoms with Crippen molar-refractivity contribution < 1.29 is 0 Å². The van der Waals surface area contributed by atoms with Gasteiger partial charge in [-0.05, 0) is 25.1 Å². The van der Waals surface area contributed by atoms with Gasteiger partial charge < -0.3 is 14.4 Å². The molecule has 1 aliphatic rings. The molecule has 27 heavy (non-hydrogen) atoms. The maximum absolute atomic E-state index is 4.57. The summed E-state index contributed by atoms with van der Waals surface area (Å²) < 4.78 is 2.16.